The molecule has 9 heteroatoms. The lowest BCUT2D eigenvalue weighted by Gasteiger charge is -2.24. The predicted octanol–water partition coefficient (Wildman–Crippen LogP) is 5.33. The number of hydrogen-bond acceptors (Lipinski definition) is 7. The monoisotopic (exact) mass is 475 g/mol. The van der Waals surface area contributed by atoms with Crippen LogP contribution < -0.4 is 10.2 Å². The average molecular weight is 476 g/mol. The Balaban J connectivity index is 1.68. The lowest BCUT2D eigenvalue weighted by molar-refractivity contribution is -0.384. The molecule has 1 saturated heterocycles. The summed E-state index contributed by atoms with van der Waals surface area (Å²) in [5, 5.41) is 34.0. The number of rotatable bonds is 5. The van der Waals surface area contributed by atoms with Gasteiger partial charge in [-0.15, -0.1) is 11.3 Å². The number of nitrogens with zero attached hydrogens (tertiary/aromatic N) is 4. The Morgan fingerprint density at radius 3 is 2.53 bits per heavy atom. The number of non-ortho nitro benzene ring substituents is 1. The smallest absolute Gasteiger partial charge is 0.270 e. The molecule has 0 unspecified atom stereocenters. The molecule has 8 nitrogen and oxygen atoms in total. The highest BCUT2D eigenvalue weighted by Crippen LogP contribution is 2.38. The van der Waals surface area contributed by atoms with Gasteiger partial charge in [-0.05, 0) is 56.2 Å². The van der Waals surface area contributed by atoms with Crippen LogP contribution in [0.25, 0.3) is 6.08 Å². The number of benzene rings is 1. The van der Waals surface area contributed by atoms with Crippen LogP contribution >= 0.6 is 11.3 Å². The van der Waals surface area contributed by atoms with Gasteiger partial charge < -0.3 is 10.2 Å². The van der Waals surface area contributed by atoms with Crippen molar-refractivity contribution in [3.05, 3.63) is 55.5 Å². The van der Waals surface area contributed by atoms with Gasteiger partial charge in [0.15, 0.2) is 0 Å². The van der Waals surface area contributed by atoms with Crippen LogP contribution in [0.1, 0.15) is 60.1 Å². The van der Waals surface area contributed by atoms with Crippen molar-refractivity contribution in [1.29, 1.82) is 10.5 Å². The van der Waals surface area contributed by atoms with E-state index in [0.29, 0.717) is 16.1 Å². The number of nitrogens with one attached hydrogen (secondary N) is 1. The number of nitro groups is 1. The van der Waals surface area contributed by atoms with Crippen molar-refractivity contribution >= 4 is 39.7 Å². The number of nitriles is 2. The Hall–Kier alpha value is -3.69. The van der Waals surface area contributed by atoms with Crippen LogP contribution in [0.5, 0.6) is 0 Å². The Bertz CT molecular complexity index is 1230. The molecule has 2 heterocycles. The van der Waals surface area contributed by atoms with E-state index in [2.05, 4.69) is 16.3 Å². The molecule has 34 heavy (non-hydrogen) atoms. The van der Waals surface area contributed by atoms with Crippen LogP contribution in [0.3, 0.4) is 0 Å². The van der Waals surface area contributed by atoms with Crippen molar-refractivity contribution in [2.75, 3.05) is 23.3 Å². The standard InChI is InChI=1S/C25H25N5O3S/c26-15-18(24(31)28-25-21(16-27)20-7-3-4-8-23(20)34-25)13-17-14-19(30(32)33)9-10-22(17)29-11-5-1-2-6-12-29/h9-10,13-14H,1-8,11-12H2,(H,28,31)/b18-13-. The quantitative estimate of drug-likeness (QED) is 0.270. The van der Waals surface area contributed by atoms with E-state index in [1.807, 2.05) is 6.07 Å². The first-order chi connectivity index (χ1) is 16.5. The molecule has 1 aliphatic carbocycles. The van der Waals surface area contributed by atoms with Crippen LogP contribution in [-0.4, -0.2) is 23.9 Å². The number of carbonyl (C=O) groups excluding carboxylic acids is 1. The van der Waals surface area contributed by atoms with Gasteiger partial charge in [0.05, 0.1) is 10.5 Å². The van der Waals surface area contributed by atoms with Crippen LogP contribution in [0, 0.1) is 32.8 Å². The zero-order valence-corrected chi connectivity index (χ0v) is 19.6. The molecule has 1 fully saturated rings. The minimum absolute atomic E-state index is 0.0970. The molecule has 0 spiro atoms. The molecule has 2 aromatic rings. The highest BCUT2D eigenvalue weighted by atomic mass is 32.1. The first-order valence-corrected chi connectivity index (χ1v) is 12.3. The number of thiophene rings is 1. The van der Waals surface area contributed by atoms with E-state index in [1.54, 1.807) is 6.07 Å². The second-order valence-corrected chi connectivity index (χ2v) is 9.66. The zero-order valence-electron chi connectivity index (χ0n) is 18.8. The van der Waals surface area contributed by atoms with Crippen LogP contribution in [0.2, 0.25) is 0 Å². The number of anilines is 2. The van der Waals surface area contributed by atoms with Crippen LogP contribution in [-0.2, 0) is 17.6 Å². The minimum atomic E-state index is -0.620. The molecule has 1 amide bonds. The molecule has 1 aliphatic heterocycles. The lowest BCUT2D eigenvalue weighted by Crippen LogP contribution is -2.24. The third kappa shape index (κ3) is 4.95. The fraction of sp³-hybridized carbons (Fsp3) is 0.400. The average Bonchev–Trinajstić information content (AvgIpc) is 2.99. The van der Waals surface area contributed by atoms with E-state index in [4.69, 9.17) is 0 Å². The van der Waals surface area contributed by atoms with E-state index in [9.17, 15) is 25.4 Å². The molecule has 1 N–H and O–H groups in total. The summed E-state index contributed by atoms with van der Waals surface area (Å²) in [4.78, 5) is 27.2. The molecule has 174 valence electrons. The number of amides is 1. The summed E-state index contributed by atoms with van der Waals surface area (Å²) in [7, 11) is 0. The first kappa shape index (κ1) is 23.5. The lowest BCUT2D eigenvalue weighted by atomic mass is 9.96. The maximum Gasteiger partial charge on any atom is 0.270 e. The molecule has 0 bridgehead atoms. The highest BCUT2D eigenvalue weighted by Gasteiger charge is 2.23. The summed E-state index contributed by atoms with van der Waals surface area (Å²) < 4.78 is 0. The second kappa shape index (κ2) is 10.5. The SMILES string of the molecule is N#C/C(=C/c1cc([N+](=O)[O-])ccc1N1CCCCCC1)C(=O)Nc1sc2c(c1C#N)CCCC2. The maximum absolute atomic E-state index is 13.0. The van der Waals surface area contributed by atoms with Crippen molar-refractivity contribution in [2.24, 2.45) is 0 Å². The summed E-state index contributed by atoms with van der Waals surface area (Å²) in [6, 6.07) is 8.72. The molecule has 0 atom stereocenters. The van der Waals surface area contributed by atoms with Crippen molar-refractivity contribution in [2.45, 2.75) is 51.4 Å². The fourth-order valence-electron chi connectivity index (χ4n) is 4.62. The largest absolute Gasteiger partial charge is 0.371 e. The van der Waals surface area contributed by atoms with E-state index in [0.717, 1.165) is 80.6 Å². The number of carbonyl (C=O) groups is 1. The van der Waals surface area contributed by atoms with Gasteiger partial charge in [0, 0.05) is 41.4 Å². The molecule has 0 radical (unpaired) electrons. The summed E-state index contributed by atoms with van der Waals surface area (Å²) in [6.45, 7) is 1.64. The first-order valence-electron chi connectivity index (χ1n) is 11.5. The number of nitro benzene ring substituents is 1. The minimum Gasteiger partial charge on any atom is -0.371 e. The van der Waals surface area contributed by atoms with E-state index in [-0.39, 0.29) is 11.3 Å². The molecule has 1 aromatic heterocycles. The Kier molecular flexibility index (Phi) is 7.24. The molecular weight excluding hydrogens is 450 g/mol. The highest BCUT2D eigenvalue weighted by molar-refractivity contribution is 7.16. The fourth-order valence-corrected chi connectivity index (χ4v) is 5.85. The Morgan fingerprint density at radius 2 is 1.85 bits per heavy atom. The maximum atomic E-state index is 13.0. The van der Waals surface area contributed by atoms with Crippen LogP contribution in [0.15, 0.2) is 23.8 Å². The van der Waals surface area contributed by atoms with Crippen molar-refractivity contribution < 1.29 is 9.72 Å². The summed E-state index contributed by atoms with van der Waals surface area (Å²) in [6.07, 6.45) is 9.50. The molecule has 1 aromatic carbocycles. The van der Waals surface area contributed by atoms with Gasteiger partial charge in [0.25, 0.3) is 11.6 Å². The number of aryl methyl sites for hydroxylation is 1. The predicted molar refractivity (Wildman–Crippen MR) is 132 cm³/mol. The molecule has 2 aliphatic rings. The summed E-state index contributed by atoms with van der Waals surface area (Å²) in [5.74, 6) is -0.620. The molecule has 4 rings (SSSR count). The van der Waals surface area contributed by atoms with E-state index >= 15 is 0 Å². The van der Waals surface area contributed by atoms with Gasteiger partial charge in [-0.2, -0.15) is 10.5 Å². The van der Waals surface area contributed by atoms with E-state index < -0.39 is 10.8 Å². The Labute approximate surface area is 202 Å². The third-order valence-corrected chi connectivity index (χ3v) is 7.55. The van der Waals surface area contributed by atoms with Gasteiger partial charge in [-0.1, -0.05) is 12.8 Å². The van der Waals surface area contributed by atoms with Crippen molar-refractivity contribution in [3.63, 3.8) is 0 Å². The topological polar surface area (TPSA) is 123 Å². The van der Waals surface area contributed by atoms with Gasteiger partial charge >= 0.3 is 0 Å². The van der Waals surface area contributed by atoms with Gasteiger partial charge in [-0.3, -0.25) is 14.9 Å². The summed E-state index contributed by atoms with van der Waals surface area (Å²) in [5.41, 5.74) is 2.46. The molecular formula is C25H25N5O3S. The van der Waals surface area contributed by atoms with E-state index in [1.165, 1.54) is 29.5 Å². The number of hydrogen-bond donors (Lipinski definition) is 1. The van der Waals surface area contributed by atoms with Crippen molar-refractivity contribution in [3.8, 4) is 12.1 Å². The van der Waals surface area contributed by atoms with Gasteiger partial charge in [0.2, 0.25) is 0 Å². The van der Waals surface area contributed by atoms with Gasteiger partial charge in [0.1, 0.15) is 22.7 Å². The van der Waals surface area contributed by atoms with Gasteiger partial charge in [-0.25, -0.2) is 0 Å². The Morgan fingerprint density at radius 1 is 1.12 bits per heavy atom. The number of fused-ring (bicyclic) bond motifs is 1. The third-order valence-electron chi connectivity index (χ3n) is 6.34. The van der Waals surface area contributed by atoms with Crippen molar-refractivity contribution in [1.82, 2.24) is 0 Å². The normalized spacial score (nSPS) is 16.1. The second-order valence-electron chi connectivity index (χ2n) is 8.55. The summed E-state index contributed by atoms with van der Waals surface area (Å²) >= 11 is 1.39. The zero-order chi connectivity index (χ0) is 24.1. The molecule has 0 saturated carbocycles. The van der Waals surface area contributed by atoms with Crippen LogP contribution in [0.4, 0.5) is 16.4 Å².